The van der Waals surface area contributed by atoms with Gasteiger partial charge in [-0.3, -0.25) is 9.98 Å². The zero-order chi connectivity index (χ0) is 43.7. The number of aromatic hydroxyl groups is 2. The van der Waals surface area contributed by atoms with Crippen molar-refractivity contribution < 1.29 is 38.7 Å². The van der Waals surface area contributed by atoms with Crippen molar-refractivity contribution in [2.24, 2.45) is 15.4 Å². The molecule has 10 nitrogen and oxygen atoms in total. The molecule has 0 aliphatic heterocycles. The van der Waals surface area contributed by atoms with Crippen LogP contribution in [0.15, 0.2) is 94.9 Å². The lowest BCUT2D eigenvalue weighted by atomic mass is 9.86. The van der Waals surface area contributed by atoms with Crippen molar-refractivity contribution in [3.63, 3.8) is 0 Å². The molecule has 2 N–H and O–H groups in total. The minimum Gasteiger partial charge on any atom is -0.507 e. The number of rotatable bonds is 28. The van der Waals surface area contributed by atoms with Gasteiger partial charge in [0.05, 0.1) is 48.9 Å². The summed E-state index contributed by atoms with van der Waals surface area (Å²) in [5.41, 5.74) is 2.96. The Kier molecular flexibility index (Phi) is 20.9. The first-order valence-corrected chi connectivity index (χ1v) is 22.1. The number of ether oxygens (including phenoxy) is 4. The first kappa shape index (κ1) is 48.0. The van der Waals surface area contributed by atoms with E-state index in [4.69, 9.17) is 18.9 Å². The van der Waals surface area contributed by atoms with E-state index in [0.29, 0.717) is 71.2 Å². The number of phenolic OH excluding ortho intramolecular Hbond substituents is 2. The summed E-state index contributed by atoms with van der Waals surface area (Å²) in [6.45, 7) is 10.2. The molecule has 0 fully saturated rings. The van der Waals surface area contributed by atoms with Crippen LogP contribution in [0.25, 0.3) is 0 Å². The number of carbonyl (C=O) groups excluding carboxylic acids is 2. The summed E-state index contributed by atoms with van der Waals surface area (Å²) in [6.07, 6.45) is 18.6. The van der Waals surface area contributed by atoms with Crippen LogP contribution in [-0.4, -0.2) is 61.0 Å². The Morgan fingerprint density at radius 3 is 1.28 bits per heavy atom. The minimum atomic E-state index is -0.432. The molecule has 0 aliphatic carbocycles. The lowest BCUT2D eigenvalue weighted by Gasteiger charge is -2.24. The van der Waals surface area contributed by atoms with Crippen LogP contribution in [0, 0.1) is 5.41 Å². The highest BCUT2D eigenvalue weighted by atomic mass is 16.5. The van der Waals surface area contributed by atoms with Gasteiger partial charge in [-0.25, -0.2) is 9.59 Å². The minimum absolute atomic E-state index is 0.0868. The van der Waals surface area contributed by atoms with Crippen LogP contribution in [-0.2, 0) is 9.47 Å². The van der Waals surface area contributed by atoms with Crippen molar-refractivity contribution in [3.8, 4) is 23.0 Å². The molecular formula is C51H66N2O8. The van der Waals surface area contributed by atoms with Crippen LogP contribution in [0.3, 0.4) is 0 Å². The molecule has 4 aromatic carbocycles. The van der Waals surface area contributed by atoms with E-state index in [-0.39, 0.29) is 30.1 Å². The van der Waals surface area contributed by atoms with Gasteiger partial charge in [0.15, 0.2) is 0 Å². The maximum atomic E-state index is 12.7. The lowest BCUT2D eigenvalue weighted by molar-refractivity contribution is 0.0389. The summed E-state index contributed by atoms with van der Waals surface area (Å²) in [7, 11) is 0. The Hall–Kier alpha value is -5.64. The largest absolute Gasteiger partial charge is 0.507 e. The van der Waals surface area contributed by atoms with Gasteiger partial charge in [0.25, 0.3) is 0 Å². The van der Waals surface area contributed by atoms with Gasteiger partial charge < -0.3 is 29.2 Å². The highest BCUT2D eigenvalue weighted by Crippen LogP contribution is 2.27. The number of carbonyl (C=O) groups is 2. The average molecular weight is 835 g/mol. The van der Waals surface area contributed by atoms with Crippen molar-refractivity contribution in [1.29, 1.82) is 0 Å². The fourth-order valence-electron chi connectivity index (χ4n) is 6.38. The lowest BCUT2D eigenvalue weighted by Crippen LogP contribution is -2.20. The van der Waals surface area contributed by atoms with Gasteiger partial charge in [-0.1, -0.05) is 91.9 Å². The Balaban J connectivity index is 1.12. The third-order valence-electron chi connectivity index (χ3n) is 10.5. The van der Waals surface area contributed by atoms with Gasteiger partial charge in [-0.2, -0.15) is 0 Å². The molecule has 0 aliphatic rings. The zero-order valence-electron chi connectivity index (χ0n) is 36.7. The molecule has 0 saturated heterocycles. The maximum Gasteiger partial charge on any atom is 0.338 e. The summed E-state index contributed by atoms with van der Waals surface area (Å²) in [5.74, 6) is 0.568. The van der Waals surface area contributed by atoms with Crippen molar-refractivity contribution in [1.82, 2.24) is 0 Å². The van der Waals surface area contributed by atoms with E-state index in [1.165, 1.54) is 51.4 Å². The Labute approximate surface area is 363 Å². The first-order valence-electron chi connectivity index (χ1n) is 22.1. The number of hydrogen-bond donors (Lipinski definition) is 2. The molecule has 0 amide bonds. The topological polar surface area (TPSA) is 136 Å². The van der Waals surface area contributed by atoms with E-state index < -0.39 is 11.9 Å². The monoisotopic (exact) mass is 834 g/mol. The number of benzene rings is 4. The number of hydrogen-bond acceptors (Lipinski definition) is 10. The maximum absolute atomic E-state index is 12.7. The van der Waals surface area contributed by atoms with E-state index in [9.17, 15) is 19.8 Å². The molecule has 0 saturated carbocycles. The molecule has 0 bridgehead atoms. The molecule has 0 aromatic heterocycles. The van der Waals surface area contributed by atoms with Gasteiger partial charge in [0.2, 0.25) is 0 Å². The van der Waals surface area contributed by atoms with E-state index >= 15 is 0 Å². The van der Waals surface area contributed by atoms with E-state index in [2.05, 4.69) is 23.8 Å². The molecule has 0 unspecified atom stereocenters. The first-order chi connectivity index (χ1) is 29.6. The molecule has 0 atom stereocenters. The third-order valence-corrected chi connectivity index (χ3v) is 10.5. The quantitative estimate of drug-likeness (QED) is 0.0328. The zero-order valence-corrected chi connectivity index (χ0v) is 36.7. The normalized spacial score (nSPS) is 11.6. The SMILES string of the molecule is CCCCCCCCOc1ccc(C=Nc2ccc(C(=O)OCCC(C)(C)CCOC(=O)c3ccc(N=Cc4ccc(OCCCCCCCC)cc4O)cc3)cc2)c(O)c1. The molecule has 0 heterocycles. The van der Waals surface area contributed by atoms with Crippen LogP contribution in [0.2, 0.25) is 0 Å². The third kappa shape index (κ3) is 18.3. The van der Waals surface area contributed by atoms with Crippen LogP contribution in [0.5, 0.6) is 23.0 Å². The number of esters is 2. The van der Waals surface area contributed by atoms with E-state index in [1.54, 1.807) is 85.2 Å². The second-order valence-electron chi connectivity index (χ2n) is 16.2. The fourth-order valence-corrected chi connectivity index (χ4v) is 6.38. The molecule has 61 heavy (non-hydrogen) atoms. The van der Waals surface area contributed by atoms with Crippen molar-refractivity contribution >= 4 is 35.7 Å². The Bertz CT molecular complexity index is 1830. The van der Waals surface area contributed by atoms with Gasteiger partial charge >= 0.3 is 11.9 Å². The standard InChI is InChI=1S/C51H66N2O8/c1-5-7-9-11-13-15-31-58-45-27-21-41(47(54)35-45)37-52-43-23-17-39(18-24-43)49(56)60-33-29-51(3,4)30-34-61-50(57)40-19-25-44(26-20-40)53-38-42-22-28-46(36-48(42)55)59-32-16-14-12-10-8-6-2/h17-28,35-38,54-55H,5-16,29-34H2,1-4H3. The van der Waals surface area contributed by atoms with Crippen LogP contribution in [0.4, 0.5) is 11.4 Å². The highest BCUT2D eigenvalue weighted by Gasteiger charge is 2.20. The number of aliphatic imine (C=N–C) groups is 2. The van der Waals surface area contributed by atoms with Crippen molar-refractivity contribution in [2.45, 2.75) is 118 Å². The fraction of sp³-hybridized carbons (Fsp3) is 0.451. The molecular weight excluding hydrogens is 769 g/mol. The van der Waals surface area contributed by atoms with E-state index in [0.717, 1.165) is 25.7 Å². The van der Waals surface area contributed by atoms with Gasteiger partial charge in [0.1, 0.15) is 23.0 Å². The van der Waals surface area contributed by atoms with Gasteiger partial charge in [-0.05, 0) is 104 Å². The smallest absolute Gasteiger partial charge is 0.338 e. The molecule has 0 radical (unpaired) electrons. The predicted octanol–water partition coefficient (Wildman–Crippen LogP) is 12.9. The molecule has 4 aromatic rings. The van der Waals surface area contributed by atoms with Crippen LogP contribution >= 0.6 is 0 Å². The Morgan fingerprint density at radius 2 is 0.902 bits per heavy atom. The summed E-state index contributed by atoms with van der Waals surface area (Å²) in [6, 6.07) is 23.9. The van der Waals surface area contributed by atoms with E-state index in [1.807, 2.05) is 26.0 Å². The van der Waals surface area contributed by atoms with Crippen molar-refractivity contribution in [3.05, 3.63) is 107 Å². The number of unbranched alkanes of at least 4 members (excludes halogenated alkanes) is 10. The van der Waals surface area contributed by atoms with Crippen LogP contribution in [0.1, 0.15) is 149 Å². The molecule has 328 valence electrons. The van der Waals surface area contributed by atoms with Gasteiger partial charge in [-0.15, -0.1) is 0 Å². The average Bonchev–Trinajstić information content (AvgIpc) is 3.25. The molecule has 4 rings (SSSR count). The second-order valence-corrected chi connectivity index (χ2v) is 16.2. The summed E-state index contributed by atoms with van der Waals surface area (Å²) in [5, 5.41) is 20.9. The Morgan fingerprint density at radius 1 is 0.525 bits per heavy atom. The molecule has 10 heteroatoms. The van der Waals surface area contributed by atoms with Gasteiger partial charge in [0, 0.05) is 35.7 Å². The van der Waals surface area contributed by atoms with Crippen LogP contribution < -0.4 is 9.47 Å². The summed E-state index contributed by atoms with van der Waals surface area (Å²) >= 11 is 0. The second kappa shape index (κ2) is 26.5. The highest BCUT2D eigenvalue weighted by molar-refractivity contribution is 5.91. The summed E-state index contributed by atoms with van der Waals surface area (Å²) < 4.78 is 22.7. The number of phenols is 2. The van der Waals surface area contributed by atoms with Crippen molar-refractivity contribution in [2.75, 3.05) is 26.4 Å². The molecule has 0 spiro atoms. The summed E-state index contributed by atoms with van der Waals surface area (Å²) in [4.78, 5) is 34.4. The predicted molar refractivity (Wildman–Crippen MR) is 245 cm³/mol. The number of nitrogens with zero attached hydrogens (tertiary/aromatic N) is 2.